The number of pyridine rings is 1. The number of halogens is 1. The Morgan fingerprint density at radius 2 is 1.78 bits per heavy atom. The zero-order valence-electron chi connectivity index (χ0n) is 14.9. The van der Waals surface area contributed by atoms with Crippen LogP contribution in [0.5, 0.6) is 0 Å². The van der Waals surface area contributed by atoms with Crippen molar-refractivity contribution in [2.45, 2.75) is 0 Å². The van der Waals surface area contributed by atoms with E-state index in [0.717, 1.165) is 48.5 Å². The van der Waals surface area contributed by atoms with Crippen molar-refractivity contribution in [1.82, 2.24) is 9.88 Å². The molecule has 0 unspecified atom stereocenters. The van der Waals surface area contributed by atoms with Gasteiger partial charge in [0.15, 0.2) is 0 Å². The minimum Gasteiger partial charge on any atom is -0.354 e. The maximum atomic E-state index is 12.5. The van der Waals surface area contributed by atoms with Crippen molar-refractivity contribution in [2.75, 3.05) is 42.9 Å². The number of carbonyl (C=O) groups is 1. The third kappa shape index (κ3) is 4.21. The van der Waals surface area contributed by atoms with E-state index in [1.807, 2.05) is 42.5 Å². The van der Waals surface area contributed by atoms with Crippen LogP contribution in [0, 0.1) is 0 Å². The standard InChI is InChI=1S/C21H21ClN4O/c22-17-8-9-20(23-14-17)26-12-10-25(11-13-26)15-21(27)24-19-7-3-5-16-4-1-2-6-18(16)19/h1-9,14H,10-13,15H2,(H,24,27). The molecule has 1 aliphatic rings. The number of hydrogen-bond acceptors (Lipinski definition) is 4. The average Bonchev–Trinajstić information content (AvgIpc) is 2.69. The van der Waals surface area contributed by atoms with E-state index >= 15 is 0 Å². The van der Waals surface area contributed by atoms with E-state index in [0.29, 0.717) is 11.6 Å². The lowest BCUT2D eigenvalue weighted by Crippen LogP contribution is -2.48. The highest BCUT2D eigenvalue weighted by molar-refractivity contribution is 6.30. The largest absolute Gasteiger partial charge is 0.354 e. The number of nitrogens with zero attached hydrogens (tertiary/aromatic N) is 3. The number of fused-ring (bicyclic) bond motifs is 1. The van der Waals surface area contributed by atoms with Gasteiger partial charge in [0.2, 0.25) is 5.91 Å². The van der Waals surface area contributed by atoms with Crippen molar-refractivity contribution >= 4 is 39.8 Å². The minimum absolute atomic E-state index is 0.0180. The molecule has 5 nitrogen and oxygen atoms in total. The fourth-order valence-electron chi connectivity index (χ4n) is 3.42. The molecule has 0 atom stereocenters. The molecule has 2 aromatic carbocycles. The van der Waals surface area contributed by atoms with Crippen molar-refractivity contribution in [3.8, 4) is 0 Å². The van der Waals surface area contributed by atoms with E-state index < -0.39 is 0 Å². The van der Waals surface area contributed by atoms with Gasteiger partial charge in [-0.1, -0.05) is 48.0 Å². The topological polar surface area (TPSA) is 48.5 Å². The molecule has 0 saturated carbocycles. The lowest BCUT2D eigenvalue weighted by molar-refractivity contribution is -0.117. The summed E-state index contributed by atoms with van der Waals surface area (Å²) in [5.74, 6) is 0.948. The lowest BCUT2D eigenvalue weighted by atomic mass is 10.1. The number of hydrogen-bond donors (Lipinski definition) is 1. The first-order chi connectivity index (χ1) is 13.2. The van der Waals surface area contributed by atoms with Crippen LogP contribution in [-0.4, -0.2) is 48.5 Å². The Bertz CT molecular complexity index is 931. The van der Waals surface area contributed by atoms with Gasteiger partial charge in [0.25, 0.3) is 0 Å². The predicted molar refractivity (Wildman–Crippen MR) is 110 cm³/mol. The van der Waals surface area contributed by atoms with Crippen LogP contribution in [-0.2, 0) is 4.79 Å². The molecule has 138 valence electrons. The van der Waals surface area contributed by atoms with E-state index in [1.165, 1.54) is 0 Å². The second kappa shape index (κ2) is 7.94. The third-order valence-electron chi connectivity index (χ3n) is 4.84. The van der Waals surface area contributed by atoms with Crippen LogP contribution in [0.2, 0.25) is 5.02 Å². The lowest BCUT2D eigenvalue weighted by Gasteiger charge is -2.35. The highest BCUT2D eigenvalue weighted by Gasteiger charge is 2.20. The Hall–Kier alpha value is -2.63. The first-order valence-corrected chi connectivity index (χ1v) is 9.43. The number of piperazine rings is 1. The Kier molecular flexibility index (Phi) is 5.23. The van der Waals surface area contributed by atoms with Gasteiger partial charge < -0.3 is 10.2 Å². The van der Waals surface area contributed by atoms with Crippen molar-refractivity contribution in [3.05, 3.63) is 65.8 Å². The van der Waals surface area contributed by atoms with Crippen LogP contribution in [0.15, 0.2) is 60.8 Å². The maximum absolute atomic E-state index is 12.5. The third-order valence-corrected chi connectivity index (χ3v) is 5.06. The highest BCUT2D eigenvalue weighted by atomic mass is 35.5. The zero-order valence-corrected chi connectivity index (χ0v) is 15.7. The molecule has 3 aromatic rings. The van der Waals surface area contributed by atoms with Crippen LogP contribution < -0.4 is 10.2 Å². The summed E-state index contributed by atoms with van der Waals surface area (Å²) in [7, 11) is 0. The number of rotatable bonds is 4. The zero-order chi connectivity index (χ0) is 18.6. The number of aromatic nitrogens is 1. The fraction of sp³-hybridized carbons (Fsp3) is 0.238. The Balaban J connectivity index is 1.33. The van der Waals surface area contributed by atoms with Gasteiger partial charge in [-0.15, -0.1) is 0 Å². The van der Waals surface area contributed by atoms with Crippen LogP contribution in [0.1, 0.15) is 0 Å². The molecule has 0 bridgehead atoms. The summed E-state index contributed by atoms with van der Waals surface area (Å²) >= 11 is 5.90. The molecule has 1 aromatic heterocycles. The molecule has 6 heteroatoms. The van der Waals surface area contributed by atoms with Crippen LogP contribution >= 0.6 is 11.6 Å². The molecule has 1 saturated heterocycles. The molecule has 0 aliphatic carbocycles. The smallest absolute Gasteiger partial charge is 0.238 e. The molecule has 4 rings (SSSR count). The number of benzene rings is 2. The summed E-state index contributed by atoms with van der Waals surface area (Å²) in [5, 5.41) is 5.89. The van der Waals surface area contributed by atoms with Gasteiger partial charge in [-0.05, 0) is 23.6 Å². The van der Waals surface area contributed by atoms with Crippen molar-refractivity contribution in [3.63, 3.8) is 0 Å². The summed E-state index contributed by atoms with van der Waals surface area (Å²) in [6, 6.07) is 17.8. The monoisotopic (exact) mass is 380 g/mol. The van der Waals surface area contributed by atoms with Crippen molar-refractivity contribution in [1.29, 1.82) is 0 Å². The summed E-state index contributed by atoms with van der Waals surface area (Å²) in [5.41, 5.74) is 0.863. The molecular weight excluding hydrogens is 360 g/mol. The molecule has 27 heavy (non-hydrogen) atoms. The van der Waals surface area contributed by atoms with Crippen LogP contribution in [0.3, 0.4) is 0 Å². The van der Waals surface area contributed by atoms with E-state index in [9.17, 15) is 4.79 Å². The van der Waals surface area contributed by atoms with E-state index in [2.05, 4.69) is 32.2 Å². The highest BCUT2D eigenvalue weighted by Crippen LogP contribution is 2.23. The maximum Gasteiger partial charge on any atom is 0.238 e. The van der Waals surface area contributed by atoms with Gasteiger partial charge in [0, 0.05) is 43.4 Å². The average molecular weight is 381 g/mol. The fourth-order valence-corrected chi connectivity index (χ4v) is 3.53. The second-order valence-corrected chi connectivity index (χ2v) is 7.11. The van der Waals surface area contributed by atoms with Gasteiger partial charge >= 0.3 is 0 Å². The molecule has 1 N–H and O–H groups in total. The Morgan fingerprint density at radius 3 is 2.56 bits per heavy atom. The van der Waals surface area contributed by atoms with E-state index in [1.54, 1.807) is 6.20 Å². The number of amides is 1. The molecule has 1 aliphatic heterocycles. The van der Waals surface area contributed by atoms with Gasteiger partial charge in [-0.2, -0.15) is 0 Å². The molecule has 1 amide bonds. The number of anilines is 2. The number of carbonyl (C=O) groups excluding carboxylic acids is 1. The van der Waals surface area contributed by atoms with Gasteiger partial charge in [0.05, 0.1) is 11.6 Å². The minimum atomic E-state index is 0.0180. The van der Waals surface area contributed by atoms with Gasteiger partial charge in [-0.25, -0.2) is 4.98 Å². The molecular formula is C21H21ClN4O. The summed E-state index contributed by atoms with van der Waals surface area (Å²) < 4.78 is 0. The van der Waals surface area contributed by atoms with E-state index in [4.69, 9.17) is 11.6 Å². The Morgan fingerprint density at radius 1 is 1.00 bits per heavy atom. The first-order valence-electron chi connectivity index (χ1n) is 9.05. The quantitative estimate of drug-likeness (QED) is 0.750. The SMILES string of the molecule is O=C(CN1CCN(c2ccc(Cl)cn2)CC1)Nc1cccc2ccccc12. The molecule has 0 radical (unpaired) electrons. The predicted octanol–water partition coefficient (Wildman–Crippen LogP) is 3.65. The second-order valence-electron chi connectivity index (χ2n) is 6.67. The number of nitrogens with one attached hydrogen (secondary N) is 1. The van der Waals surface area contributed by atoms with Crippen molar-refractivity contribution < 1.29 is 4.79 Å². The van der Waals surface area contributed by atoms with E-state index in [-0.39, 0.29) is 5.91 Å². The summed E-state index contributed by atoms with van der Waals surface area (Å²) in [6.45, 7) is 3.73. The van der Waals surface area contributed by atoms with Crippen LogP contribution in [0.25, 0.3) is 10.8 Å². The van der Waals surface area contributed by atoms with Crippen molar-refractivity contribution in [2.24, 2.45) is 0 Å². The molecule has 1 fully saturated rings. The molecule has 0 spiro atoms. The molecule has 2 heterocycles. The Labute approximate surface area is 163 Å². The van der Waals surface area contributed by atoms with Crippen LogP contribution in [0.4, 0.5) is 11.5 Å². The van der Waals surface area contributed by atoms with Gasteiger partial charge in [0.1, 0.15) is 5.82 Å². The first kappa shape index (κ1) is 17.8. The summed E-state index contributed by atoms with van der Waals surface area (Å²) in [6.07, 6.45) is 1.67. The normalized spacial score (nSPS) is 15.1. The summed E-state index contributed by atoms with van der Waals surface area (Å²) in [4.78, 5) is 21.3. The van der Waals surface area contributed by atoms with Gasteiger partial charge in [-0.3, -0.25) is 9.69 Å².